The van der Waals surface area contributed by atoms with Crippen molar-refractivity contribution in [3.63, 3.8) is 0 Å². The van der Waals surface area contributed by atoms with Crippen molar-refractivity contribution < 1.29 is 14.5 Å². The number of nitro groups is 1. The third-order valence-corrected chi connectivity index (χ3v) is 4.48. The molecule has 0 unspecified atom stereocenters. The molecule has 0 atom stereocenters. The Morgan fingerprint density at radius 2 is 1.97 bits per heavy atom. The highest BCUT2D eigenvalue weighted by Crippen LogP contribution is 2.27. The highest BCUT2D eigenvalue weighted by atomic mass is 16.6. The Balaban J connectivity index is 1.72. The number of rotatable bonds is 9. The number of aromatic nitrogens is 1. The van der Waals surface area contributed by atoms with Crippen LogP contribution in [0.15, 0.2) is 76.8 Å². The summed E-state index contributed by atoms with van der Waals surface area (Å²) in [6.45, 7) is 2.60. The van der Waals surface area contributed by atoms with Gasteiger partial charge in [-0.25, -0.2) is 5.43 Å². The van der Waals surface area contributed by atoms with E-state index in [2.05, 4.69) is 10.5 Å². The zero-order valence-corrected chi connectivity index (χ0v) is 17.4. The molecule has 0 spiro atoms. The summed E-state index contributed by atoms with van der Waals surface area (Å²) in [5.41, 5.74) is 2.92. The number of nitrogens with zero attached hydrogens (tertiary/aromatic N) is 3. The van der Waals surface area contributed by atoms with Crippen molar-refractivity contribution >= 4 is 17.8 Å². The highest BCUT2D eigenvalue weighted by molar-refractivity contribution is 5.94. The van der Waals surface area contributed by atoms with E-state index in [0.29, 0.717) is 18.7 Å². The molecule has 3 rings (SSSR count). The number of nitrogens with one attached hydrogen (secondary N) is 1. The average molecular weight is 434 g/mol. The van der Waals surface area contributed by atoms with Crippen LogP contribution < -0.4 is 15.7 Å². The van der Waals surface area contributed by atoms with Gasteiger partial charge in [0, 0.05) is 17.8 Å². The lowest BCUT2D eigenvalue weighted by molar-refractivity contribution is -0.385. The summed E-state index contributed by atoms with van der Waals surface area (Å²) in [5.74, 6) is -0.507. The minimum Gasteiger partial charge on any atom is -0.487 e. The Morgan fingerprint density at radius 3 is 2.69 bits per heavy atom. The van der Waals surface area contributed by atoms with Crippen molar-refractivity contribution in [3.8, 4) is 5.75 Å². The van der Waals surface area contributed by atoms with E-state index in [1.54, 1.807) is 18.3 Å². The number of ether oxygens (including phenoxy) is 1. The fraction of sp³-hybridized carbons (Fsp3) is 0.174. The molecule has 0 aliphatic heterocycles. The van der Waals surface area contributed by atoms with Crippen LogP contribution in [0.1, 0.15) is 34.8 Å². The molecule has 1 N–H and O–H groups in total. The van der Waals surface area contributed by atoms with Crippen molar-refractivity contribution in [2.24, 2.45) is 5.10 Å². The first-order valence-corrected chi connectivity index (χ1v) is 9.97. The third kappa shape index (κ3) is 5.66. The smallest absolute Gasteiger partial charge is 0.311 e. The number of benzene rings is 2. The summed E-state index contributed by atoms with van der Waals surface area (Å²) >= 11 is 0. The molecule has 9 nitrogen and oxygen atoms in total. The predicted molar refractivity (Wildman–Crippen MR) is 120 cm³/mol. The Bertz CT molecular complexity index is 1190. The van der Waals surface area contributed by atoms with Gasteiger partial charge in [0.05, 0.1) is 24.3 Å². The summed E-state index contributed by atoms with van der Waals surface area (Å²) in [4.78, 5) is 35.8. The minimum atomic E-state index is -0.675. The Labute approximate surface area is 184 Å². The summed E-state index contributed by atoms with van der Waals surface area (Å²) in [6.07, 6.45) is 3.59. The zero-order chi connectivity index (χ0) is 22.9. The molecule has 2 aromatic carbocycles. The standard InChI is InChI=1S/C23H22N4O5/c1-2-13-32-21-11-10-18(14-20(21)27(30)31)15-24-25-22(28)19-9-6-12-26(23(19)29)16-17-7-4-3-5-8-17/h3-12,14-15H,2,13,16H2,1H3,(H,25,28)/b24-15-. The van der Waals surface area contributed by atoms with E-state index >= 15 is 0 Å². The van der Waals surface area contributed by atoms with Crippen LogP contribution in [-0.4, -0.2) is 28.2 Å². The van der Waals surface area contributed by atoms with Crippen molar-refractivity contribution in [2.45, 2.75) is 19.9 Å². The van der Waals surface area contributed by atoms with Gasteiger partial charge < -0.3 is 9.30 Å². The Hall–Kier alpha value is -4.27. The lowest BCUT2D eigenvalue weighted by Gasteiger charge is -2.07. The van der Waals surface area contributed by atoms with Crippen LogP contribution in [0.25, 0.3) is 0 Å². The molecule has 32 heavy (non-hydrogen) atoms. The van der Waals surface area contributed by atoms with Gasteiger partial charge >= 0.3 is 5.69 Å². The number of hydrogen-bond donors (Lipinski definition) is 1. The average Bonchev–Trinajstić information content (AvgIpc) is 2.80. The lowest BCUT2D eigenvalue weighted by atomic mass is 10.2. The molecule has 0 aliphatic carbocycles. The van der Waals surface area contributed by atoms with Crippen molar-refractivity contribution in [1.82, 2.24) is 9.99 Å². The number of nitro benzene ring substituents is 1. The van der Waals surface area contributed by atoms with E-state index in [1.165, 1.54) is 29.0 Å². The monoisotopic (exact) mass is 434 g/mol. The topological polar surface area (TPSA) is 116 Å². The summed E-state index contributed by atoms with van der Waals surface area (Å²) < 4.78 is 6.81. The van der Waals surface area contributed by atoms with Crippen LogP contribution in [0.2, 0.25) is 0 Å². The fourth-order valence-corrected chi connectivity index (χ4v) is 2.93. The van der Waals surface area contributed by atoms with Gasteiger partial charge in [0.25, 0.3) is 11.5 Å². The molecule has 3 aromatic rings. The van der Waals surface area contributed by atoms with Gasteiger partial charge in [0.2, 0.25) is 0 Å². The van der Waals surface area contributed by atoms with Crippen molar-refractivity contribution in [1.29, 1.82) is 0 Å². The highest BCUT2D eigenvalue weighted by Gasteiger charge is 2.16. The van der Waals surface area contributed by atoms with E-state index in [0.717, 1.165) is 12.0 Å². The number of hydrogen-bond acceptors (Lipinski definition) is 6. The molecule has 1 heterocycles. The molecular weight excluding hydrogens is 412 g/mol. The first-order valence-electron chi connectivity index (χ1n) is 9.97. The SMILES string of the molecule is CCCOc1ccc(/C=N\NC(=O)c2cccn(Cc3ccccc3)c2=O)cc1[N+](=O)[O-]. The molecule has 0 saturated heterocycles. The van der Waals surface area contributed by atoms with Crippen molar-refractivity contribution in [2.75, 3.05) is 6.61 Å². The molecule has 164 valence electrons. The van der Waals surface area contributed by atoms with E-state index in [9.17, 15) is 19.7 Å². The molecule has 0 radical (unpaired) electrons. The van der Waals surface area contributed by atoms with Crippen LogP contribution >= 0.6 is 0 Å². The van der Waals surface area contributed by atoms with Gasteiger partial charge in [-0.3, -0.25) is 19.7 Å². The Kier molecular flexibility index (Phi) is 7.47. The zero-order valence-electron chi connectivity index (χ0n) is 17.4. The second-order valence-corrected chi connectivity index (χ2v) is 6.87. The second kappa shape index (κ2) is 10.7. The first-order chi connectivity index (χ1) is 15.5. The van der Waals surface area contributed by atoms with Crippen LogP contribution in [0.4, 0.5) is 5.69 Å². The predicted octanol–water partition coefficient (Wildman–Crippen LogP) is 3.36. The quantitative estimate of drug-likeness (QED) is 0.315. The number of carbonyl (C=O) groups is 1. The van der Waals surface area contributed by atoms with Gasteiger partial charge in [-0.05, 0) is 36.2 Å². The maximum atomic E-state index is 12.7. The fourth-order valence-electron chi connectivity index (χ4n) is 2.93. The second-order valence-electron chi connectivity index (χ2n) is 6.87. The molecule has 1 aromatic heterocycles. The van der Waals surface area contributed by atoms with E-state index in [-0.39, 0.29) is 17.0 Å². The minimum absolute atomic E-state index is 0.0603. The van der Waals surface area contributed by atoms with Gasteiger partial charge in [-0.2, -0.15) is 5.10 Å². The van der Waals surface area contributed by atoms with E-state index in [4.69, 9.17) is 4.74 Å². The van der Waals surface area contributed by atoms with Crippen LogP contribution in [-0.2, 0) is 6.54 Å². The van der Waals surface area contributed by atoms with Crippen LogP contribution in [0.5, 0.6) is 5.75 Å². The van der Waals surface area contributed by atoms with Gasteiger partial charge in [0.15, 0.2) is 5.75 Å². The molecule has 0 bridgehead atoms. The largest absolute Gasteiger partial charge is 0.487 e. The number of pyridine rings is 1. The lowest BCUT2D eigenvalue weighted by Crippen LogP contribution is -2.30. The molecular formula is C23H22N4O5. The van der Waals surface area contributed by atoms with Gasteiger partial charge in [-0.15, -0.1) is 0 Å². The normalized spacial score (nSPS) is 10.8. The first kappa shape index (κ1) is 22.4. The molecule has 9 heteroatoms. The van der Waals surface area contributed by atoms with Crippen molar-refractivity contribution in [3.05, 3.63) is 104 Å². The molecule has 0 saturated carbocycles. The van der Waals surface area contributed by atoms with Crippen LogP contribution in [0.3, 0.4) is 0 Å². The summed E-state index contributed by atoms with van der Waals surface area (Å²) in [6, 6.07) is 16.8. The van der Waals surface area contributed by atoms with Gasteiger partial charge in [0.1, 0.15) is 5.56 Å². The van der Waals surface area contributed by atoms with E-state index in [1.807, 2.05) is 37.3 Å². The van der Waals surface area contributed by atoms with E-state index < -0.39 is 16.4 Å². The molecule has 0 fully saturated rings. The third-order valence-electron chi connectivity index (χ3n) is 4.48. The maximum absolute atomic E-state index is 12.7. The maximum Gasteiger partial charge on any atom is 0.311 e. The Morgan fingerprint density at radius 1 is 1.19 bits per heavy atom. The number of amides is 1. The van der Waals surface area contributed by atoms with Gasteiger partial charge in [-0.1, -0.05) is 37.3 Å². The van der Waals surface area contributed by atoms with Crippen LogP contribution in [0, 0.1) is 10.1 Å². The number of hydrazone groups is 1. The summed E-state index contributed by atoms with van der Waals surface area (Å²) in [7, 11) is 0. The molecule has 0 aliphatic rings. The number of carbonyl (C=O) groups excluding carboxylic acids is 1. The summed E-state index contributed by atoms with van der Waals surface area (Å²) in [5, 5.41) is 15.1. The molecule has 1 amide bonds.